The molecule has 0 aliphatic carbocycles. The average molecular weight is 273 g/mol. The van der Waals surface area contributed by atoms with E-state index >= 15 is 0 Å². The van der Waals surface area contributed by atoms with E-state index < -0.39 is 0 Å². The average Bonchev–Trinajstić information content (AvgIpc) is 2.91. The van der Waals surface area contributed by atoms with Gasteiger partial charge in [0.1, 0.15) is 0 Å². The van der Waals surface area contributed by atoms with E-state index in [9.17, 15) is 0 Å². The predicted molar refractivity (Wildman–Crippen MR) is 85.2 cm³/mol. The molecule has 1 atom stereocenters. The zero-order valence-corrected chi connectivity index (χ0v) is 12.6. The van der Waals surface area contributed by atoms with Gasteiger partial charge in [-0.05, 0) is 56.8 Å². The molecule has 20 heavy (non-hydrogen) atoms. The molecule has 1 aromatic rings. The van der Waals surface area contributed by atoms with Crippen molar-refractivity contribution in [2.45, 2.75) is 32.2 Å². The summed E-state index contributed by atoms with van der Waals surface area (Å²) < 4.78 is 0. The molecule has 2 heterocycles. The number of nitrogens with two attached hydrogens (primary N) is 1. The molecule has 1 aromatic carbocycles. The minimum absolute atomic E-state index is 0.545. The van der Waals surface area contributed by atoms with Gasteiger partial charge in [-0.2, -0.15) is 0 Å². The number of likely N-dealkylation sites (tertiary alicyclic amines) is 1. The van der Waals surface area contributed by atoms with Crippen molar-refractivity contribution in [2.75, 3.05) is 37.6 Å². The van der Waals surface area contributed by atoms with Crippen molar-refractivity contribution >= 4 is 5.69 Å². The monoisotopic (exact) mass is 273 g/mol. The lowest BCUT2D eigenvalue weighted by molar-refractivity contribution is 0.146. The third kappa shape index (κ3) is 2.84. The summed E-state index contributed by atoms with van der Waals surface area (Å²) in [7, 11) is 0. The lowest BCUT2D eigenvalue weighted by atomic mass is 9.95. The van der Waals surface area contributed by atoms with Crippen molar-refractivity contribution in [2.24, 2.45) is 11.7 Å². The van der Waals surface area contributed by atoms with Crippen LogP contribution in [0.4, 0.5) is 5.69 Å². The van der Waals surface area contributed by atoms with Crippen LogP contribution in [-0.2, 0) is 6.42 Å². The fraction of sp³-hybridized carbons (Fsp3) is 0.647. The van der Waals surface area contributed by atoms with Crippen molar-refractivity contribution in [3.8, 4) is 0 Å². The minimum Gasteiger partial charge on any atom is -0.371 e. The molecule has 0 bridgehead atoms. The highest BCUT2D eigenvalue weighted by Crippen LogP contribution is 2.30. The molecule has 3 nitrogen and oxygen atoms in total. The van der Waals surface area contributed by atoms with Crippen molar-refractivity contribution < 1.29 is 0 Å². The summed E-state index contributed by atoms with van der Waals surface area (Å²) in [6, 6.07) is 9.44. The van der Waals surface area contributed by atoms with Crippen molar-refractivity contribution in [3.05, 3.63) is 29.8 Å². The molecule has 1 fully saturated rings. The number of anilines is 1. The van der Waals surface area contributed by atoms with E-state index in [0.29, 0.717) is 6.04 Å². The highest BCUT2D eigenvalue weighted by atomic mass is 15.2. The zero-order valence-electron chi connectivity index (χ0n) is 12.6. The molecule has 0 amide bonds. The Kier molecular flexibility index (Phi) is 4.27. The quantitative estimate of drug-likeness (QED) is 0.912. The Morgan fingerprint density at radius 1 is 1.20 bits per heavy atom. The molecular formula is C17H27N3. The first-order valence-electron chi connectivity index (χ1n) is 8.05. The van der Waals surface area contributed by atoms with E-state index in [-0.39, 0.29) is 0 Å². The SMILES string of the molecule is CC(CN)N1CCC(CN2CCc3ccccc32)CC1. The molecule has 3 rings (SSSR count). The largest absolute Gasteiger partial charge is 0.371 e. The predicted octanol–water partition coefficient (Wildman–Crippen LogP) is 2.11. The Morgan fingerprint density at radius 2 is 1.95 bits per heavy atom. The van der Waals surface area contributed by atoms with Gasteiger partial charge in [0, 0.05) is 31.4 Å². The normalized spacial score (nSPS) is 22.0. The molecule has 0 saturated carbocycles. The van der Waals surface area contributed by atoms with Crippen LogP contribution in [0, 0.1) is 5.92 Å². The Hall–Kier alpha value is -1.06. The number of nitrogens with zero attached hydrogens (tertiary/aromatic N) is 2. The summed E-state index contributed by atoms with van der Waals surface area (Å²) in [5, 5.41) is 0. The van der Waals surface area contributed by atoms with Crippen molar-refractivity contribution in [1.82, 2.24) is 4.90 Å². The molecule has 110 valence electrons. The van der Waals surface area contributed by atoms with Crippen LogP contribution in [0.15, 0.2) is 24.3 Å². The highest BCUT2D eigenvalue weighted by Gasteiger charge is 2.26. The molecule has 0 radical (unpaired) electrons. The molecule has 2 aliphatic rings. The number of rotatable bonds is 4. The number of hydrogen-bond acceptors (Lipinski definition) is 3. The number of benzene rings is 1. The number of para-hydroxylation sites is 1. The van der Waals surface area contributed by atoms with E-state index in [1.807, 2.05) is 0 Å². The van der Waals surface area contributed by atoms with Gasteiger partial charge in [0.05, 0.1) is 0 Å². The van der Waals surface area contributed by atoms with Gasteiger partial charge in [0.15, 0.2) is 0 Å². The summed E-state index contributed by atoms with van der Waals surface area (Å²) in [6.45, 7) is 7.92. The van der Waals surface area contributed by atoms with Gasteiger partial charge in [-0.15, -0.1) is 0 Å². The molecule has 1 unspecified atom stereocenters. The standard InChI is InChI=1S/C17H27N3/c1-14(12-18)19-9-6-15(7-10-19)13-20-11-8-16-4-2-3-5-17(16)20/h2-5,14-15H,6-13,18H2,1H3. The number of hydrogen-bond donors (Lipinski definition) is 1. The topological polar surface area (TPSA) is 32.5 Å². The lowest BCUT2D eigenvalue weighted by Crippen LogP contribution is -2.45. The summed E-state index contributed by atoms with van der Waals surface area (Å²) in [4.78, 5) is 5.15. The van der Waals surface area contributed by atoms with E-state index in [4.69, 9.17) is 5.73 Å². The molecular weight excluding hydrogens is 246 g/mol. The van der Waals surface area contributed by atoms with Crippen LogP contribution >= 0.6 is 0 Å². The van der Waals surface area contributed by atoms with E-state index in [0.717, 1.165) is 12.5 Å². The Balaban J connectivity index is 1.54. The van der Waals surface area contributed by atoms with E-state index in [2.05, 4.69) is 41.0 Å². The summed E-state index contributed by atoms with van der Waals surface area (Å²) >= 11 is 0. The fourth-order valence-electron chi connectivity index (χ4n) is 3.63. The summed E-state index contributed by atoms with van der Waals surface area (Å²) in [6.07, 6.45) is 3.87. The van der Waals surface area contributed by atoms with Gasteiger partial charge in [-0.3, -0.25) is 4.90 Å². The lowest BCUT2D eigenvalue weighted by Gasteiger charge is -2.37. The molecule has 2 N–H and O–H groups in total. The molecule has 0 spiro atoms. The summed E-state index contributed by atoms with van der Waals surface area (Å²) in [5.41, 5.74) is 8.78. The summed E-state index contributed by atoms with van der Waals surface area (Å²) in [5.74, 6) is 0.849. The van der Waals surface area contributed by atoms with Crippen LogP contribution in [0.5, 0.6) is 0 Å². The van der Waals surface area contributed by atoms with Crippen LogP contribution in [0.3, 0.4) is 0 Å². The van der Waals surface area contributed by atoms with Gasteiger partial charge < -0.3 is 10.6 Å². The van der Waals surface area contributed by atoms with E-state index in [1.165, 1.54) is 56.7 Å². The third-order valence-corrected chi connectivity index (χ3v) is 5.08. The van der Waals surface area contributed by atoms with Crippen molar-refractivity contribution in [1.29, 1.82) is 0 Å². The fourth-order valence-corrected chi connectivity index (χ4v) is 3.63. The van der Waals surface area contributed by atoms with Gasteiger partial charge in [0.25, 0.3) is 0 Å². The zero-order chi connectivity index (χ0) is 13.9. The molecule has 2 aliphatic heterocycles. The van der Waals surface area contributed by atoms with Crippen LogP contribution in [0.2, 0.25) is 0 Å². The Bertz CT molecular complexity index is 438. The maximum Gasteiger partial charge on any atom is 0.0399 e. The van der Waals surface area contributed by atoms with Crippen LogP contribution < -0.4 is 10.6 Å². The number of piperidine rings is 1. The smallest absolute Gasteiger partial charge is 0.0399 e. The van der Waals surface area contributed by atoms with Crippen LogP contribution in [0.1, 0.15) is 25.3 Å². The van der Waals surface area contributed by atoms with Gasteiger partial charge >= 0.3 is 0 Å². The minimum atomic E-state index is 0.545. The van der Waals surface area contributed by atoms with Crippen LogP contribution in [-0.4, -0.2) is 43.7 Å². The van der Waals surface area contributed by atoms with E-state index in [1.54, 1.807) is 0 Å². The first-order valence-corrected chi connectivity index (χ1v) is 8.05. The molecule has 1 saturated heterocycles. The number of fused-ring (bicyclic) bond motifs is 1. The third-order valence-electron chi connectivity index (χ3n) is 5.08. The second-order valence-corrected chi connectivity index (χ2v) is 6.39. The Morgan fingerprint density at radius 3 is 2.70 bits per heavy atom. The van der Waals surface area contributed by atoms with Gasteiger partial charge in [-0.1, -0.05) is 18.2 Å². The Labute approximate surface area is 122 Å². The second kappa shape index (κ2) is 6.15. The maximum absolute atomic E-state index is 5.77. The second-order valence-electron chi connectivity index (χ2n) is 6.39. The molecule has 0 aromatic heterocycles. The first kappa shape index (κ1) is 13.9. The maximum atomic E-state index is 5.77. The first-order chi connectivity index (χ1) is 9.78. The van der Waals surface area contributed by atoms with Crippen molar-refractivity contribution in [3.63, 3.8) is 0 Å². The highest BCUT2D eigenvalue weighted by molar-refractivity contribution is 5.57. The van der Waals surface area contributed by atoms with Gasteiger partial charge in [-0.25, -0.2) is 0 Å². The molecule has 3 heteroatoms. The van der Waals surface area contributed by atoms with Gasteiger partial charge in [0.2, 0.25) is 0 Å². The van der Waals surface area contributed by atoms with Crippen LogP contribution in [0.25, 0.3) is 0 Å².